The van der Waals surface area contributed by atoms with E-state index in [-0.39, 0.29) is 0 Å². The van der Waals surface area contributed by atoms with Crippen LogP contribution in [0.2, 0.25) is 0 Å². The Kier molecular flexibility index (Phi) is 4.25. The van der Waals surface area contributed by atoms with Crippen LogP contribution in [-0.2, 0) is 0 Å². The third-order valence-corrected chi connectivity index (χ3v) is 4.11. The van der Waals surface area contributed by atoms with Gasteiger partial charge in [0, 0.05) is 11.9 Å². The van der Waals surface area contributed by atoms with Gasteiger partial charge in [-0.1, -0.05) is 18.2 Å². The van der Waals surface area contributed by atoms with E-state index in [1.807, 2.05) is 24.3 Å². The number of methoxy groups -OCH3 is 1. The number of nitrogens with one attached hydrogen (secondary N) is 1. The molecule has 2 aromatic heterocycles. The maximum atomic E-state index is 13.3. The molecule has 0 unspecified atom stereocenters. The van der Waals surface area contributed by atoms with Crippen LogP contribution in [0.25, 0.3) is 17.0 Å². The molecule has 0 saturated carbocycles. The Morgan fingerprint density at radius 2 is 1.93 bits per heavy atom. The molecule has 1 amide bonds. The van der Waals surface area contributed by atoms with Gasteiger partial charge >= 0.3 is 0 Å². The number of halogens is 1. The SMILES string of the molecule is COc1ccccc1-c1nnc2c(C(=O)Nc3cccc(F)c3)cccn12. The molecule has 7 heteroatoms. The van der Waals surface area contributed by atoms with Crippen molar-refractivity contribution < 1.29 is 13.9 Å². The molecule has 2 aromatic carbocycles. The number of benzene rings is 2. The lowest BCUT2D eigenvalue weighted by Crippen LogP contribution is -2.13. The van der Waals surface area contributed by atoms with Crippen molar-refractivity contribution in [2.24, 2.45) is 0 Å². The number of fused-ring (bicyclic) bond motifs is 1. The number of nitrogens with zero attached hydrogens (tertiary/aromatic N) is 3. The Morgan fingerprint density at radius 1 is 1.07 bits per heavy atom. The van der Waals surface area contributed by atoms with Gasteiger partial charge in [-0.05, 0) is 42.5 Å². The molecule has 0 saturated heterocycles. The highest BCUT2D eigenvalue weighted by atomic mass is 19.1. The van der Waals surface area contributed by atoms with Crippen LogP contribution in [0.5, 0.6) is 5.75 Å². The van der Waals surface area contributed by atoms with Crippen LogP contribution in [0, 0.1) is 5.82 Å². The van der Waals surface area contributed by atoms with Gasteiger partial charge in [-0.15, -0.1) is 10.2 Å². The van der Waals surface area contributed by atoms with Crippen molar-refractivity contribution in [3.8, 4) is 17.1 Å². The van der Waals surface area contributed by atoms with E-state index in [4.69, 9.17) is 4.74 Å². The summed E-state index contributed by atoms with van der Waals surface area (Å²) < 4.78 is 20.5. The molecular weight excluding hydrogens is 347 g/mol. The van der Waals surface area contributed by atoms with Gasteiger partial charge in [0.1, 0.15) is 11.6 Å². The highest BCUT2D eigenvalue weighted by molar-refractivity contribution is 6.08. The zero-order valence-corrected chi connectivity index (χ0v) is 14.4. The average Bonchev–Trinajstić information content (AvgIpc) is 3.12. The Hall–Kier alpha value is -3.74. The molecular formula is C20H15FN4O2. The van der Waals surface area contributed by atoms with E-state index in [9.17, 15) is 9.18 Å². The summed E-state index contributed by atoms with van der Waals surface area (Å²) in [5.74, 6) is 0.390. The molecule has 2 heterocycles. The third kappa shape index (κ3) is 3.10. The zero-order valence-electron chi connectivity index (χ0n) is 14.4. The van der Waals surface area contributed by atoms with Crippen molar-refractivity contribution in [2.45, 2.75) is 0 Å². The molecule has 0 aliphatic heterocycles. The number of aromatic nitrogens is 3. The molecule has 1 N–H and O–H groups in total. The Labute approximate surface area is 154 Å². The van der Waals surface area contributed by atoms with Crippen LogP contribution in [0.4, 0.5) is 10.1 Å². The number of carbonyl (C=O) groups is 1. The largest absolute Gasteiger partial charge is 0.496 e. The molecule has 0 fully saturated rings. The normalized spacial score (nSPS) is 10.7. The van der Waals surface area contributed by atoms with Gasteiger partial charge in [0.25, 0.3) is 5.91 Å². The Balaban J connectivity index is 1.75. The van der Waals surface area contributed by atoms with Crippen LogP contribution in [0.15, 0.2) is 66.9 Å². The number of anilines is 1. The minimum absolute atomic E-state index is 0.329. The second kappa shape index (κ2) is 6.87. The van der Waals surface area contributed by atoms with Crippen molar-refractivity contribution in [1.82, 2.24) is 14.6 Å². The second-order valence-corrected chi connectivity index (χ2v) is 5.80. The van der Waals surface area contributed by atoms with Crippen LogP contribution in [0.3, 0.4) is 0 Å². The van der Waals surface area contributed by atoms with Gasteiger partial charge < -0.3 is 10.1 Å². The van der Waals surface area contributed by atoms with Gasteiger partial charge in [0.2, 0.25) is 0 Å². The Morgan fingerprint density at radius 3 is 2.74 bits per heavy atom. The first-order chi connectivity index (χ1) is 13.2. The predicted octanol–water partition coefficient (Wildman–Crippen LogP) is 3.80. The first-order valence-corrected chi connectivity index (χ1v) is 8.21. The van der Waals surface area contributed by atoms with Gasteiger partial charge in [0.05, 0.1) is 18.2 Å². The summed E-state index contributed by atoms with van der Waals surface area (Å²) in [6.07, 6.45) is 1.77. The van der Waals surface area contributed by atoms with Gasteiger partial charge in [0.15, 0.2) is 11.5 Å². The van der Waals surface area contributed by atoms with Crippen molar-refractivity contribution in [3.63, 3.8) is 0 Å². The quantitative estimate of drug-likeness (QED) is 0.600. The molecule has 0 bridgehead atoms. The summed E-state index contributed by atoms with van der Waals surface area (Å²) in [6, 6.07) is 16.5. The van der Waals surface area contributed by atoms with Crippen molar-refractivity contribution >= 4 is 17.2 Å². The summed E-state index contributed by atoms with van der Waals surface area (Å²) in [6.45, 7) is 0. The van der Waals surface area contributed by atoms with Crippen LogP contribution in [0.1, 0.15) is 10.4 Å². The van der Waals surface area contributed by atoms with E-state index in [0.29, 0.717) is 28.5 Å². The van der Waals surface area contributed by atoms with Crippen molar-refractivity contribution in [3.05, 3.63) is 78.2 Å². The third-order valence-electron chi connectivity index (χ3n) is 4.11. The van der Waals surface area contributed by atoms with Gasteiger partial charge in [-0.3, -0.25) is 9.20 Å². The monoisotopic (exact) mass is 362 g/mol. The molecule has 0 aliphatic rings. The number of hydrogen-bond acceptors (Lipinski definition) is 4. The van der Waals surface area contributed by atoms with Gasteiger partial charge in [-0.2, -0.15) is 0 Å². The smallest absolute Gasteiger partial charge is 0.259 e. The number of carbonyl (C=O) groups excluding carboxylic acids is 1. The van der Waals surface area contributed by atoms with Crippen molar-refractivity contribution in [2.75, 3.05) is 12.4 Å². The maximum absolute atomic E-state index is 13.3. The lowest BCUT2D eigenvalue weighted by atomic mass is 10.2. The van der Waals surface area contributed by atoms with E-state index >= 15 is 0 Å². The summed E-state index contributed by atoms with van der Waals surface area (Å²) >= 11 is 0. The van der Waals surface area contributed by atoms with Gasteiger partial charge in [-0.25, -0.2) is 4.39 Å². The van der Waals surface area contributed by atoms with E-state index in [1.165, 1.54) is 18.2 Å². The molecule has 134 valence electrons. The van der Waals surface area contributed by atoms with Crippen LogP contribution >= 0.6 is 0 Å². The Bertz CT molecular complexity index is 1140. The summed E-state index contributed by atoms with van der Waals surface area (Å²) in [4.78, 5) is 12.7. The van der Waals surface area contributed by atoms with Crippen LogP contribution in [-0.4, -0.2) is 27.6 Å². The average molecular weight is 362 g/mol. The number of ether oxygens (including phenoxy) is 1. The first-order valence-electron chi connectivity index (χ1n) is 8.21. The lowest BCUT2D eigenvalue weighted by molar-refractivity contribution is 0.102. The summed E-state index contributed by atoms with van der Waals surface area (Å²) in [5, 5.41) is 11.1. The molecule has 4 aromatic rings. The van der Waals surface area contributed by atoms with E-state index in [2.05, 4.69) is 15.5 Å². The van der Waals surface area contributed by atoms with E-state index in [0.717, 1.165) is 5.56 Å². The number of pyridine rings is 1. The first kappa shape index (κ1) is 16.7. The molecule has 4 rings (SSSR count). The predicted molar refractivity (Wildman–Crippen MR) is 99.3 cm³/mol. The number of para-hydroxylation sites is 1. The fraction of sp³-hybridized carbons (Fsp3) is 0.0500. The van der Waals surface area contributed by atoms with Crippen molar-refractivity contribution in [1.29, 1.82) is 0 Å². The number of hydrogen-bond donors (Lipinski definition) is 1. The zero-order chi connectivity index (χ0) is 18.8. The molecule has 27 heavy (non-hydrogen) atoms. The molecule has 6 nitrogen and oxygen atoms in total. The number of amides is 1. The highest BCUT2D eigenvalue weighted by Crippen LogP contribution is 2.29. The molecule has 0 aliphatic carbocycles. The number of rotatable bonds is 4. The molecule has 0 spiro atoms. The minimum atomic E-state index is -0.424. The van der Waals surface area contributed by atoms with E-state index in [1.54, 1.807) is 35.9 Å². The summed E-state index contributed by atoms with van der Waals surface area (Å²) in [5.41, 5.74) is 1.85. The maximum Gasteiger partial charge on any atom is 0.259 e. The molecule has 0 radical (unpaired) electrons. The fourth-order valence-electron chi connectivity index (χ4n) is 2.87. The van der Waals surface area contributed by atoms with E-state index < -0.39 is 11.7 Å². The summed E-state index contributed by atoms with van der Waals surface area (Å²) in [7, 11) is 1.58. The standard InChI is InChI=1S/C20H15FN4O2/c1-27-17-10-3-2-8-15(17)18-23-24-19-16(9-5-11-25(18)19)20(26)22-14-7-4-6-13(21)12-14/h2-12H,1H3,(H,22,26). The van der Waals surface area contributed by atoms with Crippen LogP contribution < -0.4 is 10.1 Å². The highest BCUT2D eigenvalue weighted by Gasteiger charge is 2.18. The molecule has 0 atom stereocenters. The topological polar surface area (TPSA) is 68.5 Å². The second-order valence-electron chi connectivity index (χ2n) is 5.80. The minimum Gasteiger partial charge on any atom is -0.496 e. The lowest BCUT2D eigenvalue weighted by Gasteiger charge is -2.08. The fourth-order valence-corrected chi connectivity index (χ4v) is 2.87.